The van der Waals surface area contributed by atoms with Gasteiger partial charge in [-0.15, -0.1) is 0 Å². The van der Waals surface area contributed by atoms with Gasteiger partial charge in [0.15, 0.2) is 0 Å². The van der Waals surface area contributed by atoms with Gasteiger partial charge in [-0.1, -0.05) is 47.1 Å². The quantitative estimate of drug-likeness (QED) is 0.234. The number of aliphatic hydroxyl groups is 1. The Morgan fingerprint density at radius 2 is 1.81 bits per heavy atom. The van der Waals surface area contributed by atoms with Crippen molar-refractivity contribution in [3.63, 3.8) is 0 Å². The molecule has 7 nitrogen and oxygen atoms in total. The molecule has 0 aliphatic carbocycles. The van der Waals surface area contributed by atoms with Crippen LogP contribution in [0.15, 0.2) is 52.7 Å². The maximum absolute atomic E-state index is 12.1. The molecule has 0 radical (unpaired) electrons. The van der Waals surface area contributed by atoms with Crippen molar-refractivity contribution in [2.24, 2.45) is 5.92 Å². The Morgan fingerprint density at radius 3 is 2.43 bits per heavy atom. The minimum absolute atomic E-state index is 0.103. The Labute approximate surface area is 228 Å². The van der Waals surface area contributed by atoms with E-state index in [0.29, 0.717) is 12.4 Å². The van der Waals surface area contributed by atoms with Crippen LogP contribution in [0.3, 0.4) is 0 Å². The first-order chi connectivity index (χ1) is 17.3. The van der Waals surface area contributed by atoms with Crippen LogP contribution < -0.4 is 10.1 Å². The second-order valence-corrected chi connectivity index (χ2v) is 10.8. The van der Waals surface area contributed by atoms with Gasteiger partial charge in [0, 0.05) is 28.1 Å². The van der Waals surface area contributed by atoms with Crippen molar-refractivity contribution in [3.05, 3.63) is 69.4 Å². The lowest BCUT2D eigenvalue weighted by molar-refractivity contribution is -0.142. The smallest absolute Gasteiger partial charge is 0.407 e. The molecule has 0 saturated carbocycles. The summed E-state index contributed by atoms with van der Waals surface area (Å²) in [7, 11) is 0. The van der Waals surface area contributed by atoms with Crippen LogP contribution in [0.5, 0.6) is 5.75 Å². The van der Waals surface area contributed by atoms with Gasteiger partial charge in [0.1, 0.15) is 17.5 Å². The van der Waals surface area contributed by atoms with Crippen molar-refractivity contribution in [2.75, 3.05) is 6.61 Å². The number of benzene rings is 2. The number of ether oxygens (including phenoxy) is 3. The number of allylic oxidation sites excluding steroid dienone is 1. The highest BCUT2D eigenvalue weighted by Gasteiger charge is 2.24. The Bertz CT molecular complexity index is 1120. The molecule has 2 aromatic rings. The van der Waals surface area contributed by atoms with E-state index in [2.05, 4.69) is 21.2 Å². The molecule has 0 heterocycles. The lowest BCUT2D eigenvalue weighted by Crippen LogP contribution is -2.32. The highest BCUT2D eigenvalue weighted by Crippen LogP contribution is 2.33. The number of alkyl carbamates (subject to hydrolysis) is 1. The first-order valence-electron chi connectivity index (χ1n) is 12.4. The molecular weight excluding hydrogens is 538 g/mol. The number of rotatable bonds is 10. The number of amides is 1. The molecule has 0 bridgehead atoms. The number of halogens is 1. The summed E-state index contributed by atoms with van der Waals surface area (Å²) in [6.45, 7) is 13.4. The normalized spacial score (nSPS) is 13.7. The first kappa shape index (κ1) is 30.2. The number of carbonyl (C=O) groups is 2. The van der Waals surface area contributed by atoms with Gasteiger partial charge in [0.2, 0.25) is 0 Å². The van der Waals surface area contributed by atoms with Crippen LogP contribution in [0.2, 0.25) is 0 Å². The second-order valence-electron chi connectivity index (χ2n) is 9.90. The average Bonchev–Trinajstić information content (AvgIpc) is 2.78. The van der Waals surface area contributed by atoms with Gasteiger partial charge < -0.3 is 24.6 Å². The van der Waals surface area contributed by atoms with E-state index in [1.54, 1.807) is 13.8 Å². The number of carbonyl (C=O) groups excluding carboxylic acids is 2. The summed E-state index contributed by atoms with van der Waals surface area (Å²) in [5.41, 5.74) is 2.57. The third kappa shape index (κ3) is 9.76. The van der Waals surface area contributed by atoms with E-state index in [0.717, 1.165) is 26.7 Å². The minimum Gasteiger partial charge on any atom is -0.512 e. The molecule has 2 rings (SSSR count). The maximum atomic E-state index is 12.1. The van der Waals surface area contributed by atoms with E-state index in [-0.39, 0.29) is 36.7 Å². The second kappa shape index (κ2) is 13.5. The molecule has 37 heavy (non-hydrogen) atoms. The van der Waals surface area contributed by atoms with Crippen LogP contribution in [0.4, 0.5) is 4.79 Å². The Morgan fingerprint density at radius 1 is 1.11 bits per heavy atom. The van der Waals surface area contributed by atoms with Crippen LogP contribution >= 0.6 is 15.9 Å². The Balaban J connectivity index is 2.22. The zero-order valence-electron chi connectivity index (χ0n) is 22.7. The molecule has 2 unspecified atom stereocenters. The number of hydrogen-bond acceptors (Lipinski definition) is 6. The molecule has 0 aliphatic heterocycles. The molecule has 202 valence electrons. The summed E-state index contributed by atoms with van der Waals surface area (Å²) >= 11 is 3.47. The van der Waals surface area contributed by atoms with E-state index < -0.39 is 11.7 Å². The topological polar surface area (TPSA) is 94.1 Å². The zero-order chi connectivity index (χ0) is 27.8. The lowest BCUT2D eigenvalue weighted by atomic mass is 9.88. The van der Waals surface area contributed by atoms with Crippen LogP contribution in [0.1, 0.15) is 65.2 Å². The van der Waals surface area contributed by atoms with Crippen LogP contribution in [0.25, 0.3) is 5.57 Å². The number of hydrogen-bond donors (Lipinski definition) is 2. The summed E-state index contributed by atoms with van der Waals surface area (Å²) in [4.78, 5) is 24.1. The fraction of sp³-hybridized carbons (Fsp3) is 0.448. The standard InChI is InChI=1S/C29H38BrNO6/c1-8-35-26(33)15-22-12-13-24(30)16-25(22)36-20(4)18(2)27(19(3)32)23-11-9-10-21(14-23)17-31-28(34)37-29(5,6)7/h9-14,16,18,20,32H,8,15,17H2,1-7H3,(H,31,34)/b27-19-. The van der Waals surface area contributed by atoms with Crippen LogP contribution in [0, 0.1) is 5.92 Å². The summed E-state index contributed by atoms with van der Waals surface area (Å²) in [5.74, 6) is 0.237. The van der Waals surface area contributed by atoms with Gasteiger partial charge in [0.25, 0.3) is 0 Å². The third-order valence-electron chi connectivity index (χ3n) is 5.61. The van der Waals surface area contributed by atoms with Gasteiger partial charge in [-0.2, -0.15) is 0 Å². The molecule has 0 aromatic heterocycles. The van der Waals surface area contributed by atoms with Gasteiger partial charge in [-0.3, -0.25) is 4.79 Å². The molecule has 0 aliphatic rings. The summed E-state index contributed by atoms with van der Waals surface area (Å²) in [5, 5.41) is 13.4. The molecule has 0 saturated heterocycles. The minimum atomic E-state index is -0.577. The van der Waals surface area contributed by atoms with Gasteiger partial charge in [-0.05, 0) is 70.9 Å². The van der Waals surface area contributed by atoms with Gasteiger partial charge in [0.05, 0.1) is 18.8 Å². The number of aliphatic hydroxyl groups excluding tert-OH is 1. The first-order valence-corrected chi connectivity index (χ1v) is 13.2. The molecule has 0 spiro atoms. The SMILES string of the molecule is CCOC(=O)Cc1ccc(Br)cc1OC(C)C(C)/C(=C(\C)O)c1cccc(CNC(=O)OC(C)(C)C)c1. The number of esters is 1. The third-order valence-corrected chi connectivity index (χ3v) is 6.10. The predicted molar refractivity (Wildman–Crippen MR) is 148 cm³/mol. The maximum Gasteiger partial charge on any atom is 0.407 e. The molecular formula is C29H38BrNO6. The Hall–Kier alpha value is -3.00. The monoisotopic (exact) mass is 575 g/mol. The molecule has 2 aromatic carbocycles. The van der Waals surface area contributed by atoms with Crippen molar-refractivity contribution >= 4 is 33.6 Å². The largest absolute Gasteiger partial charge is 0.512 e. The van der Waals surface area contributed by atoms with Crippen molar-refractivity contribution in [1.82, 2.24) is 5.32 Å². The summed E-state index contributed by atoms with van der Waals surface area (Å²) in [6.07, 6.45) is -0.725. The molecule has 8 heteroatoms. The van der Waals surface area contributed by atoms with Crippen LogP contribution in [-0.2, 0) is 27.2 Å². The van der Waals surface area contributed by atoms with Crippen molar-refractivity contribution < 1.29 is 28.9 Å². The molecule has 2 atom stereocenters. The summed E-state index contributed by atoms with van der Waals surface area (Å²) < 4.78 is 17.6. The Kier molecular flexibility index (Phi) is 11.0. The highest BCUT2D eigenvalue weighted by atomic mass is 79.9. The van der Waals surface area contributed by atoms with E-state index in [1.165, 1.54) is 0 Å². The van der Waals surface area contributed by atoms with E-state index >= 15 is 0 Å². The average molecular weight is 577 g/mol. The van der Waals surface area contributed by atoms with Crippen molar-refractivity contribution in [2.45, 2.75) is 73.1 Å². The van der Waals surface area contributed by atoms with Crippen molar-refractivity contribution in [3.8, 4) is 5.75 Å². The fourth-order valence-corrected chi connectivity index (χ4v) is 4.17. The molecule has 0 fully saturated rings. The highest BCUT2D eigenvalue weighted by molar-refractivity contribution is 9.10. The van der Waals surface area contributed by atoms with Crippen LogP contribution in [-0.4, -0.2) is 35.5 Å². The van der Waals surface area contributed by atoms with Gasteiger partial charge >= 0.3 is 12.1 Å². The van der Waals surface area contributed by atoms with E-state index in [1.807, 2.05) is 77.1 Å². The zero-order valence-corrected chi connectivity index (χ0v) is 24.3. The molecule has 1 amide bonds. The van der Waals surface area contributed by atoms with E-state index in [9.17, 15) is 14.7 Å². The number of nitrogens with one attached hydrogen (secondary N) is 1. The predicted octanol–water partition coefficient (Wildman–Crippen LogP) is 6.97. The molecule has 2 N–H and O–H groups in total. The lowest BCUT2D eigenvalue weighted by Gasteiger charge is -2.26. The van der Waals surface area contributed by atoms with E-state index in [4.69, 9.17) is 14.2 Å². The fourth-order valence-electron chi connectivity index (χ4n) is 3.83. The van der Waals surface area contributed by atoms with Crippen molar-refractivity contribution in [1.29, 1.82) is 0 Å². The van der Waals surface area contributed by atoms with Gasteiger partial charge in [-0.25, -0.2) is 4.79 Å². The summed E-state index contributed by atoms with van der Waals surface area (Å²) in [6, 6.07) is 13.2.